The Kier molecular flexibility index (Phi) is 6.46. The third kappa shape index (κ3) is 5.53. The maximum Gasteiger partial charge on any atom is 0.243 e. The van der Waals surface area contributed by atoms with Crippen molar-refractivity contribution in [3.05, 3.63) is 54.2 Å². The van der Waals surface area contributed by atoms with Crippen molar-refractivity contribution in [2.75, 3.05) is 13.3 Å². The molecule has 4 nitrogen and oxygen atoms in total. The van der Waals surface area contributed by atoms with Gasteiger partial charge in [-0.05, 0) is 24.8 Å². The average Bonchev–Trinajstić information content (AvgIpc) is 2.96. The number of carbonyl (C=O) groups is 1. The van der Waals surface area contributed by atoms with E-state index in [1.54, 1.807) is 12.2 Å². The molecule has 1 fully saturated rings. The zero-order chi connectivity index (χ0) is 15.8. The molecular formula is C18H24NO3. The Bertz CT molecular complexity index is 489. The lowest BCUT2D eigenvalue weighted by Crippen LogP contribution is -2.25. The van der Waals surface area contributed by atoms with Crippen LogP contribution in [0.4, 0.5) is 0 Å². The van der Waals surface area contributed by atoms with Gasteiger partial charge in [-0.25, -0.2) is 0 Å². The second kappa shape index (κ2) is 8.59. The van der Waals surface area contributed by atoms with Crippen LogP contribution < -0.4 is 5.32 Å². The van der Waals surface area contributed by atoms with Crippen LogP contribution in [0.2, 0.25) is 0 Å². The van der Waals surface area contributed by atoms with Crippen molar-refractivity contribution in [3.8, 4) is 0 Å². The van der Waals surface area contributed by atoms with E-state index in [1.165, 1.54) is 5.92 Å². The van der Waals surface area contributed by atoms with E-state index in [0.29, 0.717) is 19.3 Å². The zero-order valence-electron chi connectivity index (χ0n) is 13.2. The van der Waals surface area contributed by atoms with Crippen molar-refractivity contribution >= 4 is 5.91 Å². The van der Waals surface area contributed by atoms with Crippen LogP contribution in [0.15, 0.2) is 48.3 Å². The number of rotatable bonds is 7. The van der Waals surface area contributed by atoms with Crippen LogP contribution in [0.1, 0.15) is 26.7 Å². The van der Waals surface area contributed by atoms with E-state index >= 15 is 0 Å². The molecule has 0 aromatic heterocycles. The highest BCUT2D eigenvalue weighted by molar-refractivity contribution is 5.87. The summed E-state index contributed by atoms with van der Waals surface area (Å²) in [6, 6.07) is 0. The molecule has 4 heteroatoms. The number of hydrogen-bond donors (Lipinski definition) is 1. The molecule has 0 saturated carbocycles. The van der Waals surface area contributed by atoms with Crippen LogP contribution in [0, 0.1) is 11.8 Å². The molecule has 2 aliphatic rings. The van der Waals surface area contributed by atoms with Gasteiger partial charge in [0.05, 0.1) is 0 Å². The summed E-state index contributed by atoms with van der Waals surface area (Å²) in [4.78, 5) is 11.5. The minimum absolute atomic E-state index is 0.00609. The van der Waals surface area contributed by atoms with Crippen molar-refractivity contribution in [1.29, 1.82) is 0 Å². The number of nitrogens with one attached hydrogen (secondary N) is 1. The normalized spacial score (nSPS) is 21.4. The van der Waals surface area contributed by atoms with Crippen molar-refractivity contribution in [2.45, 2.75) is 32.8 Å². The predicted molar refractivity (Wildman–Crippen MR) is 86.7 cm³/mol. The molecule has 0 aromatic carbocycles. The van der Waals surface area contributed by atoms with Crippen LogP contribution in [-0.2, 0) is 14.3 Å². The molecule has 0 aromatic rings. The molecule has 22 heavy (non-hydrogen) atoms. The van der Waals surface area contributed by atoms with Gasteiger partial charge in [0.2, 0.25) is 5.91 Å². The smallest absolute Gasteiger partial charge is 0.243 e. The summed E-state index contributed by atoms with van der Waals surface area (Å²) in [5.41, 5.74) is 0. The van der Waals surface area contributed by atoms with Crippen molar-refractivity contribution in [1.82, 2.24) is 5.32 Å². The fourth-order valence-electron chi connectivity index (χ4n) is 2.14. The SMILES string of the molecule is CC(C)CNC(=O)/C=C/C=C/CC[C]1C=CC2OCOC2=C1. The van der Waals surface area contributed by atoms with Gasteiger partial charge in [0.25, 0.3) is 0 Å². The molecule has 1 radical (unpaired) electrons. The van der Waals surface area contributed by atoms with E-state index < -0.39 is 0 Å². The number of carbonyl (C=O) groups excluding carboxylic acids is 1. The zero-order valence-corrected chi connectivity index (χ0v) is 13.2. The molecular weight excluding hydrogens is 278 g/mol. The molecule has 1 N–H and O–H groups in total. The van der Waals surface area contributed by atoms with Gasteiger partial charge in [0.1, 0.15) is 11.9 Å². The van der Waals surface area contributed by atoms with Crippen LogP contribution in [0.3, 0.4) is 0 Å². The number of amides is 1. The summed E-state index contributed by atoms with van der Waals surface area (Å²) in [5.74, 6) is 2.57. The minimum atomic E-state index is -0.0444. The van der Waals surface area contributed by atoms with Crippen LogP contribution in [-0.4, -0.2) is 25.3 Å². The second-order valence-electron chi connectivity index (χ2n) is 5.80. The van der Waals surface area contributed by atoms with Gasteiger partial charge in [0.15, 0.2) is 6.79 Å². The molecule has 119 valence electrons. The van der Waals surface area contributed by atoms with Crippen molar-refractivity contribution in [3.63, 3.8) is 0 Å². The summed E-state index contributed by atoms with van der Waals surface area (Å²) >= 11 is 0. The van der Waals surface area contributed by atoms with E-state index in [0.717, 1.165) is 18.6 Å². The second-order valence-corrected chi connectivity index (χ2v) is 5.80. The van der Waals surface area contributed by atoms with Crippen LogP contribution in [0.5, 0.6) is 0 Å². The topological polar surface area (TPSA) is 47.6 Å². The predicted octanol–water partition coefficient (Wildman–Crippen LogP) is 3.05. The maximum absolute atomic E-state index is 11.5. The third-order valence-electron chi connectivity index (χ3n) is 3.35. The molecule has 2 rings (SSSR count). The Morgan fingerprint density at radius 3 is 3.14 bits per heavy atom. The van der Waals surface area contributed by atoms with E-state index in [1.807, 2.05) is 12.2 Å². The lowest BCUT2D eigenvalue weighted by molar-refractivity contribution is -0.116. The van der Waals surface area contributed by atoms with Crippen LogP contribution >= 0.6 is 0 Å². The van der Waals surface area contributed by atoms with E-state index in [4.69, 9.17) is 9.47 Å². The maximum atomic E-state index is 11.5. The van der Waals surface area contributed by atoms with Crippen molar-refractivity contribution < 1.29 is 14.3 Å². The lowest BCUT2D eigenvalue weighted by atomic mass is 9.96. The summed E-state index contributed by atoms with van der Waals surface area (Å²) in [7, 11) is 0. The Morgan fingerprint density at radius 1 is 1.45 bits per heavy atom. The van der Waals surface area contributed by atoms with E-state index in [9.17, 15) is 4.79 Å². The van der Waals surface area contributed by atoms with Crippen molar-refractivity contribution in [2.24, 2.45) is 5.92 Å². The fraction of sp³-hybridized carbons (Fsp3) is 0.444. The molecule has 1 saturated heterocycles. The van der Waals surface area contributed by atoms with Gasteiger partial charge in [-0.3, -0.25) is 4.79 Å². The molecule has 1 atom stereocenters. The Hall–Kier alpha value is -1.81. The first-order valence-corrected chi connectivity index (χ1v) is 7.76. The van der Waals surface area contributed by atoms with Gasteiger partial charge < -0.3 is 14.8 Å². The quantitative estimate of drug-likeness (QED) is 0.581. The molecule has 0 bridgehead atoms. The number of hydrogen-bond acceptors (Lipinski definition) is 3. The highest BCUT2D eigenvalue weighted by Gasteiger charge is 2.25. The molecule has 1 amide bonds. The number of ether oxygens (including phenoxy) is 2. The van der Waals surface area contributed by atoms with Gasteiger partial charge in [-0.1, -0.05) is 44.2 Å². The Balaban J connectivity index is 1.63. The number of fused-ring (bicyclic) bond motifs is 1. The lowest BCUT2D eigenvalue weighted by Gasteiger charge is -2.14. The van der Waals surface area contributed by atoms with Gasteiger partial charge >= 0.3 is 0 Å². The summed E-state index contributed by atoms with van der Waals surface area (Å²) in [6.45, 7) is 5.19. The van der Waals surface area contributed by atoms with Gasteiger partial charge in [-0.15, -0.1) is 0 Å². The summed E-state index contributed by atoms with van der Waals surface area (Å²) in [6.07, 6.45) is 15.4. The average molecular weight is 302 g/mol. The molecule has 1 aliphatic heterocycles. The minimum Gasteiger partial charge on any atom is -0.469 e. The largest absolute Gasteiger partial charge is 0.469 e. The van der Waals surface area contributed by atoms with E-state index in [2.05, 4.69) is 37.4 Å². The monoisotopic (exact) mass is 302 g/mol. The highest BCUT2D eigenvalue weighted by Crippen LogP contribution is 2.28. The first kappa shape index (κ1) is 16.6. The Labute approximate surface area is 132 Å². The van der Waals surface area contributed by atoms with E-state index in [-0.39, 0.29) is 12.0 Å². The van der Waals surface area contributed by atoms with Gasteiger partial charge in [0, 0.05) is 18.5 Å². The fourth-order valence-corrected chi connectivity index (χ4v) is 2.14. The Morgan fingerprint density at radius 2 is 2.32 bits per heavy atom. The summed E-state index contributed by atoms with van der Waals surface area (Å²) < 4.78 is 10.8. The molecule has 1 unspecified atom stereocenters. The molecule has 1 heterocycles. The first-order valence-electron chi connectivity index (χ1n) is 7.76. The third-order valence-corrected chi connectivity index (χ3v) is 3.35. The number of allylic oxidation sites excluding steroid dienone is 5. The standard InChI is InChI=1S/C18H24NO3/c1-14(2)12-19-18(20)8-6-4-3-5-7-15-9-10-16-17(11-15)22-13-21-16/h3-4,6,8-11,14,16H,5,7,12-13H2,1-2H3,(H,19,20)/b4-3+,8-6+. The highest BCUT2D eigenvalue weighted by atomic mass is 16.7. The molecule has 1 aliphatic carbocycles. The van der Waals surface area contributed by atoms with Crippen LogP contribution in [0.25, 0.3) is 0 Å². The molecule has 0 spiro atoms. The van der Waals surface area contributed by atoms with Gasteiger partial charge in [-0.2, -0.15) is 0 Å². The first-order chi connectivity index (χ1) is 10.6. The summed E-state index contributed by atoms with van der Waals surface area (Å²) in [5, 5.41) is 2.84.